The van der Waals surface area contributed by atoms with E-state index in [0.29, 0.717) is 29.2 Å². The van der Waals surface area contributed by atoms with Crippen molar-refractivity contribution in [3.05, 3.63) is 47.4 Å². The van der Waals surface area contributed by atoms with E-state index >= 15 is 0 Å². The minimum atomic E-state index is -0.599. The second-order valence-electron chi connectivity index (χ2n) is 5.77. The van der Waals surface area contributed by atoms with Gasteiger partial charge in [0, 0.05) is 12.2 Å². The fraction of sp³-hybridized carbons (Fsp3) is 0.333. The van der Waals surface area contributed by atoms with Gasteiger partial charge in [-0.1, -0.05) is 25.4 Å². The van der Waals surface area contributed by atoms with E-state index in [9.17, 15) is 9.59 Å². The SMILES string of the molecule is CCC(CC)(CN)C(=O)Nc1ccc(NC(=O)c2ccco2)c(Cl)c1.Cl. The molecule has 0 saturated heterocycles. The average molecular weight is 400 g/mol. The molecule has 1 heterocycles. The molecule has 0 fully saturated rings. The summed E-state index contributed by atoms with van der Waals surface area (Å²) in [5.74, 6) is -0.349. The van der Waals surface area contributed by atoms with Crippen LogP contribution in [0.25, 0.3) is 0 Å². The minimum Gasteiger partial charge on any atom is -0.459 e. The molecule has 8 heteroatoms. The number of hydrogen-bond donors (Lipinski definition) is 3. The smallest absolute Gasteiger partial charge is 0.291 e. The number of benzene rings is 1. The molecule has 0 saturated carbocycles. The second-order valence-corrected chi connectivity index (χ2v) is 6.18. The van der Waals surface area contributed by atoms with E-state index in [1.165, 1.54) is 6.26 Å². The highest BCUT2D eigenvalue weighted by Crippen LogP contribution is 2.30. The molecule has 1 aromatic carbocycles. The molecule has 142 valence electrons. The van der Waals surface area contributed by atoms with Crippen LogP contribution in [0.3, 0.4) is 0 Å². The third-order valence-electron chi connectivity index (χ3n) is 4.45. The summed E-state index contributed by atoms with van der Waals surface area (Å²) < 4.78 is 5.03. The van der Waals surface area contributed by atoms with Crippen LogP contribution >= 0.6 is 24.0 Å². The molecule has 0 atom stereocenters. The van der Waals surface area contributed by atoms with Crippen LogP contribution in [0, 0.1) is 5.41 Å². The molecule has 0 unspecified atom stereocenters. The highest BCUT2D eigenvalue weighted by molar-refractivity contribution is 6.34. The number of carbonyl (C=O) groups is 2. The molecule has 2 amide bonds. The Morgan fingerprint density at radius 2 is 1.88 bits per heavy atom. The molecule has 0 radical (unpaired) electrons. The van der Waals surface area contributed by atoms with Crippen LogP contribution in [-0.4, -0.2) is 18.4 Å². The average Bonchev–Trinajstić information content (AvgIpc) is 3.14. The number of anilines is 2. The molecular formula is C18H23Cl2N3O3. The molecule has 0 bridgehead atoms. The second kappa shape index (κ2) is 9.62. The van der Waals surface area contributed by atoms with Crippen LogP contribution in [0.1, 0.15) is 37.2 Å². The Labute approximate surface area is 163 Å². The quantitative estimate of drug-likeness (QED) is 0.645. The van der Waals surface area contributed by atoms with Crippen molar-refractivity contribution in [2.45, 2.75) is 26.7 Å². The van der Waals surface area contributed by atoms with Gasteiger partial charge in [-0.05, 0) is 43.2 Å². The van der Waals surface area contributed by atoms with Gasteiger partial charge < -0.3 is 20.8 Å². The van der Waals surface area contributed by atoms with Gasteiger partial charge in [0.2, 0.25) is 5.91 Å². The van der Waals surface area contributed by atoms with Crippen LogP contribution in [0.5, 0.6) is 0 Å². The molecule has 0 aliphatic carbocycles. The molecule has 2 rings (SSSR count). The largest absolute Gasteiger partial charge is 0.459 e. The summed E-state index contributed by atoms with van der Waals surface area (Å²) >= 11 is 6.21. The molecule has 0 spiro atoms. The number of nitrogens with one attached hydrogen (secondary N) is 2. The van der Waals surface area contributed by atoms with E-state index in [1.807, 2.05) is 13.8 Å². The van der Waals surface area contributed by atoms with E-state index in [2.05, 4.69) is 10.6 Å². The van der Waals surface area contributed by atoms with Crippen molar-refractivity contribution in [1.82, 2.24) is 0 Å². The summed E-state index contributed by atoms with van der Waals surface area (Å²) in [6.07, 6.45) is 2.72. The van der Waals surface area contributed by atoms with Gasteiger partial charge in [0.15, 0.2) is 5.76 Å². The normalized spacial score (nSPS) is 10.8. The minimum absolute atomic E-state index is 0. The molecule has 6 nitrogen and oxygen atoms in total. The van der Waals surface area contributed by atoms with Gasteiger partial charge in [0.1, 0.15) is 0 Å². The maximum Gasteiger partial charge on any atom is 0.291 e. The van der Waals surface area contributed by atoms with Gasteiger partial charge in [0.05, 0.1) is 22.4 Å². The molecule has 0 aliphatic heterocycles. The van der Waals surface area contributed by atoms with Crippen LogP contribution in [0.15, 0.2) is 41.0 Å². The van der Waals surface area contributed by atoms with Crippen molar-refractivity contribution in [2.24, 2.45) is 11.1 Å². The summed E-state index contributed by atoms with van der Waals surface area (Å²) in [5.41, 5.74) is 6.17. The van der Waals surface area contributed by atoms with Crippen molar-refractivity contribution in [3.63, 3.8) is 0 Å². The lowest BCUT2D eigenvalue weighted by Crippen LogP contribution is -2.41. The van der Waals surface area contributed by atoms with Crippen molar-refractivity contribution in [3.8, 4) is 0 Å². The lowest BCUT2D eigenvalue weighted by Gasteiger charge is -2.28. The topological polar surface area (TPSA) is 97.4 Å². The van der Waals surface area contributed by atoms with Crippen molar-refractivity contribution >= 4 is 47.2 Å². The predicted molar refractivity (Wildman–Crippen MR) is 106 cm³/mol. The molecule has 2 aromatic rings. The molecular weight excluding hydrogens is 377 g/mol. The maximum absolute atomic E-state index is 12.5. The van der Waals surface area contributed by atoms with Gasteiger partial charge in [-0.3, -0.25) is 9.59 Å². The van der Waals surface area contributed by atoms with Crippen LogP contribution < -0.4 is 16.4 Å². The fourth-order valence-electron chi connectivity index (χ4n) is 2.50. The van der Waals surface area contributed by atoms with Gasteiger partial charge in [0.25, 0.3) is 5.91 Å². The molecule has 0 aliphatic rings. The summed E-state index contributed by atoms with van der Waals surface area (Å²) in [5, 5.41) is 5.82. The Bertz CT molecular complexity index is 736. The number of rotatable bonds is 7. The van der Waals surface area contributed by atoms with Gasteiger partial charge >= 0.3 is 0 Å². The maximum atomic E-state index is 12.5. The first-order chi connectivity index (χ1) is 12.0. The number of hydrogen-bond acceptors (Lipinski definition) is 4. The lowest BCUT2D eigenvalue weighted by molar-refractivity contribution is -0.125. The molecule has 1 aromatic heterocycles. The first-order valence-electron chi connectivity index (χ1n) is 8.11. The van der Waals surface area contributed by atoms with E-state index in [0.717, 1.165) is 0 Å². The zero-order valence-electron chi connectivity index (χ0n) is 14.7. The third kappa shape index (κ3) is 4.78. The lowest BCUT2D eigenvalue weighted by atomic mass is 9.81. The molecule has 4 N–H and O–H groups in total. The third-order valence-corrected chi connectivity index (χ3v) is 4.76. The fourth-order valence-corrected chi connectivity index (χ4v) is 2.73. The first kappa shape index (κ1) is 22.0. The van der Waals surface area contributed by atoms with Gasteiger partial charge in [-0.15, -0.1) is 12.4 Å². The Balaban J connectivity index is 0.00000338. The Morgan fingerprint density at radius 3 is 2.38 bits per heavy atom. The zero-order chi connectivity index (χ0) is 18.4. The number of furan rings is 1. The van der Waals surface area contributed by atoms with E-state index in [1.54, 1.807) is 30.3 Å². The molecule has 26 heavy (non-hydrogen) atoms. The standard InChI is InChI=1S/C18H22ClN3O3.ClH/c1-3-18(4-2,11-20)17(24)21-12-7-8-14(13(19)10-12)22-16(23)15-6-5-9-25-15;/h5-10H,3-4,11,20H2,1-2H3,(H,21,24)(H,22,23);1H. The van der Waals surface area contributed by atoms with Gasteiger partial charge in [-0.2, -0.15) is 0 Å². The number of amides is 2. The van der Waals surface area contributed by atoms with Crippen LogP contribution in [0.4, 0.5) is 11.4 Å². The van der Waals surface area contributed by atoms with E-state index < -0.39 is 11.3 Å². The van der Waals surface area contributed by atoms with Crippen LogP contribution in [0.2, 0.25) is 5.02 Å². The summed E-state index contributed by atoms with van der Waals surface area (Å²) in [6.45, 7) is 4.16. The van der Waals surface area contributed by atoms with Gasteiger partial charge in [-0.25, -0.2) is 0 Å². The Hall–Kier alpha value is -2.02. The highest BCUT2D eigenvalue weighted by atomic mass is 35.5. The number of carbonyl (C=O) groups excluding carboxylic acids is 2. The first-order valence-corrected chi connectivity index (χ1v) is 8.49. The zero-order valence-corrected chi connectivity index (χ0v) is 16.2. The van der Waals surface area contributed by atoms with Crippen LogP contribution in [-0.2, 0) is 4.79 Å². The Morgan fingerprint density at radius 1 is 1.19 bits per heavy atom. The number of halogens is 2. The summed E-state index contributed by atoms with van der Waals surface area (Å²) in [7, 11) is 0. The predicted octanol–water partition coefficient (Wildman–Crippen LogP) is 4.31. The summed E-state index contributed by atoms with van der Waals surface area (Å²) in [6, 6.07) is 8.07. The van der Waals surface area contributed by atoms with E-state index in [-0.39, 0.29) is 30.6 Å². The van der Waals surface area contributed by atoms with Crippen molar-refractivity contribution < 1.29 is 14.0 Å². The monoisotopic (exact) mass is 399 g/mol. The highest BCUT2D eigenvalue weighted by Gasteiger charge is 2.33. The van der Waals surface area contributed by atoms with Crippen molar-refractivity contribution in [2.75, 3.05) is 17.2 Å². The number of nitrogens with two attached hydrogens (primary N) is 1. The summed E-state index contributed by atoms with van der Waals surface area (Å²) in [4.78, 5) is 24.5. The van der Waals surface area contributed by atoms with E-state index in [4.69, 9.17) is 21.8 Å². The Kier molecular flexibility index (Phi) is 8.14. The van der Waals surface area contributed by atoms with Crippen molar-refractivity contribution in [1.29, 1.82) is 0 Å².